The van der Waals surface area contributed by atoms with Gasteiger partial charge in [0.2, 0.25) is 10.0 Å². The fourth-order valence-electron chi connectivity index (χ4n) is 2.78. The molecule has 0 amide bonds. The molecule has 0 aliphatic rings. The van der Waals surface area contributed by atoms with Crippen molar-refractivity contribution in [1.29, 1.82) is 0 Å². The third kappa shape index (κ3) is 4.26. The van der Waals surface area contributed by atoms with Gasteiger partial charge in [-0.2, -0.15) is 4.31 Å². The van der Waals surface area contributed by atoms with Gasteiger partial charge < -0.3 is 0 Å². The first-order chi connectivity index (χ1) is 11.6. The maximum absolute atomic E-state index is 13.1. The van der Waals surface area contributed by atoms with E-state index in [1.165, 1.54) is 23.5 Å². The highest BCUT2D eigenvalue weighted by atomic mass is 79.9. The monoisotopic (exact) mass is 426 g/mol. The Balaban J connectivity index is 2.52. The highest BCUT2D eigenvalue weighted by Gasteiger charge is 2.32. The van der Waals surface area contributed by atoms with Gasteiger partial charge in [-0.1, -0.05) is 60.1 Å². The molecule has 0 heterocycles. The maximum atomic E-state index is 13.1. The SMILES string of the molecule is CC(C)C(c1ccccc1)N(C)S(=O)(=O)c1cc(Br)cc([N+](=O)[O-])c1. The highest BCUT2D eigenvalue weighted by Crippen LogP contribution is 2.33. The summed E-state index contributed by atoms with van der Waals surface area (Å²) in [7, 11) is -2.41. The largest absolute Gasteiger partial charge is 0.271 e. The Morgan fingerprint density at radius 1 is 1.12 bits per heavy atom. The molecule has 0 bridgehead atoms. The lowest BCUT2D eigenvalue weighted by atomic mass is 9.96. The summed E-state index contributed by atoms with van der Waals surface area (Å²) in [6.07, 6.45) is 0. The third-order valence-electron chi connectivity index (χ3n) is 3.91. The Labute approximate surface area is 155 Å². The fraction of sp³-hybridized carbons (Fsp3) is 0.294. The average molecular weight is 427 g/mol. The van der Waals surface area contributed by atoms with Crippen LogP contribution in [-0.2, 0) is 10.0 Å². The van der Waals surface area contributed by atoms with Crippen LogP contribution in [0.15, 0.2) is 57.9 Å². The van der Waals surface area contributed by atoms with Gasteiger partial charge in [-0.15, -0.1) is 0 Å². The second-order valence-electron chi connectivity index (χ2n) is 6.02. The Morgan fingerprint density at radius 2 is 1.72 bits per heavy atom. The number of benzene rings is 2. The number of rotatable bonds is 6. The summed E-state index contributed by atoms with van der Waals surface area (Å²) >= 11 is 3.15. The van der Waals surface area contributed by atoms with Gasteiger partial charge in [-0.25, -0.2) is 8.42 Å². The van der Waals surface area contributed by atoms with Crippen molar-refractivity contribution in [3.8, 4) is 0 Å². The number of non-ortho nitro benzene ring substituents is 1. The zero-order valence-corrected chi connectivity index (χ0v) is 16.5. The maximum Gasteiger partial charge on any atom is 0.271 e. The third-order valence-corrected chi connectivity index (χ3v) is 6.18. The molecule has 1 atom stereocenters. The molecular weight excluding hydrogens is 408 g/mol. The lowest BCUT2D eigenvalue weighted by molar-refractivity contribution is -0.385. The molecule has 1 unspecified atom stereocenters. The number of hydrogen-bond donors (Lipinski definition) is 0. The lowest BCUT2D eigenvalue weighted by Crippen LogP contribution is -2.34. The van der Waals surface area contributed by atoms with Crippen molar-refractivity contribution in [3.05, 3.63) is 68.7 Å². The summed E-state index contributed by atoms with van der Waals surface area (Å²) in [5.41, 5.74) is 0.593. The Morgan fingerprint density at radius 3 is 2.24 bits per heavy atom. The number of halogens is 1. The van der Waals surface area contributed by atoms with Crippen LogP contribution >= 0.6 is 15.9 Å². The molecule has 0 radical (unpaired) electrons. The minimum atomic E-state index is -3.91. The summed E-state index contributed by atoms with van der Waals surface area (Å²) in [4.78, 5) is 10.3. The van der Waals surface area contributed by atoms with Gasteiger partial charge >= 0.3 is 0 Å². The van der Waals surface area contributed by atoms with Gasteiger partial charge in [0.15, 0.2) is 0 Å². The van der Waals surface area contributed by atoms with E-state index in [0.29, 0.717) is 4.47 Å². The molecule has 0 N–H and O–H groups in total. The summed E-state index contributed by atoms with van der Waals surface area (Å²) in [6, 6.07) is 12.7. The van der Waals surface area contributed by atoms with Crippen molar-refractivity contribution >= 4 is 31.6 Å². The van der Waals surface area contributed by atoms with Crippen molar-refractivity contribution in [3.63, 3.8) is 0 Å². The van der Waals surface area contributed by atoms with E-state index in [4.69, 9.17) is 0 Å². The van der Waals surface area contributed by atoms with Gasteiger partial charge in [-0.3, -0.25) is 10.1 Å². The first kappa shape index (κ1) is 19.6. The number of hydrogen-bond acceptors (Lipinski definition) is 4. The first-order valence-electron chi connectivity index (χ1n) is 7.62. The van der Waals surface area contributed by atoms with E-state index in [0.717, 1.165) is 11.6 Å². The molecule has 25 heavy (non-hydrogen) atoms. The van der Waals surface area contributed by atoms with E-state index in [-0.39, 0.29) is 22.5 Å². The van der Waals surface area contributed by atoms with Crippen molar-refractivity contribution < 1.29 is 13.3 Å². The second-order valence-corrected chi connectivity index (χ2v) is 8.94. The van der Waals surface area contributed by atoms with E-state index >= 15 is 0 Å². The Kier molecular flexibility index (Phi) is 5.97. The molecule has 0 spiro atoms. The molecular formula is C17H19BrN2O4S. The Hall–Kier alpha value is -1.77. The number of nitro benzene ring substituents is 1. The van der Waals surface area contributed by atoms with Gasteiger partial charge in [0.1, 0.15) is 0 Å². The summed E-state index contributed by atoms with van der Waals surface area (Å²) in [5, 5.41) is 11.0. The summed E-state index contributed by atoms with van der Waals surface area (Å²) in [5.74, 6) is 0.0179. The van der Waals surface area contributed by atoms with Crippen LogP contribution < -0.4 is 0 Å². The number of nitrogens with zero attached hydrogens (tertiary/aromatic N) is 2. The summed E-state index contributed by atoms with van der Waals surface area (Å²) in [6.45, 7) is 3.88. The fourth-order valence-corrected chi connectivity index (χ4v) is 4.96. The second kappa shape index (κ2) is 7.63. The topological polar surface area (TPSA) is 80.5 Å². The van der Waals surface area contributed by atoms with Crippen molar-refractivity contribution in [2.24, 2.45) is 5.92 Å². The predicted octanol–water partition coefficient (Wildman–Crippen LogP) is 4.38. The molecule has 2 aromatic rings. The summed E-state index contributed by atoms with van der Waals surface area (Å²) < 4.78 is 27.7. The molecule has 6 nitrogen and oxygen atoms in total. The molecule has 0 saturated carbocycles. The van der Waals surface area contributed by atoms with Crippen LogP contribution in [-0.4, -0.2) is 24.7 Å². The number of nitro groups is 1. The van der Waals surface area contributed by atoms with Crippen molar-refractivity contribution in [2.75, 3.05) is 7.05 Å². The molecule has 0 aliphatic carbocycles. The van der Waals surface area contributed by atoms with Crippen LogP contribution in [0.5, 0.6) is 0 Å². The van der Waals surface area contributed by atoms with Crippen LogP contribution in [0.25, 0.3) is 0 Å². The zero-order valence-electron chi connectivity index (χ0n) is 14.1. The lowest BCUT2D eigenvalue weighted by Gasteiger charge is -2.31. The predicted molar refractivity (Wildman–Crippen MR) is 99.8 cm³/mol. The molecule has 8 heteroatoms. The van der Waals surface area contributed by atoms with Gasteiger partial charge in [0.05, 0.1) is 15.9 Å². The van der Waals surface area contributed by atoms with Crippen LogP contribution in [0.3, 0.4) is 0 Å². The normalized spacial score (nSPS) is 13.2. The smallest absolute Gasteiger partial charge is 0.258 e. The molecule has 134 valence electrons. The zero-order chi connectivity index (χ0) is 18.8. The van der Waals surface area contributed by atoms with Gasteiger partial charge in [0, 0.05) is 23.7 Å². The van der Waals surface area contributed by atoms with Crippen LogP contribution in [0.4, 0.5) is 5.69 Å². The minimum Gasteiger partial charge on any atom is -0.258 e. The molecule has 0 fully saturated rings. The Bertz CT molecular complexity index is 869. The van der Waals surface area contributed by atoms with Gasteiger partial charge in [-0.05, 0) is 17.5 Å². The van der Waals surface area contributed by atoms with Crippen LogP contribution in [0, 0.1) is 16.0 Å². The van der Waals surface area contributed by atoms with Crippen molar-refractivity contribution in [2.45, 2.75) is 24.8 Å². The van der Waals surface area contributed by atoms with E-state index in [1.807, 2.05) is 44.2 Å². The van der Waals surface area contributed by atoms with Crippen LogP contribution in [0.1, 0.15) is 25.5 Å². The van der Waals surface area contributed by atoms with E-state index < -0.39 is 14.9 Å². The van der Waals surface area contributed by atoms with Gasteiger partial charge in [0.25, 0.3) is 5.69 Å². The number of sulfonamides is 1. The molecule has 2 rings (SSSR count). The van der Waals surface area contributed by atoms with Crippen molar-refractivity contribution in [1.82, 2.24) is 4.31 Å². The van der Waals surface area contributed by atoms with E-state index in [9.17, 15) is 18.5 Å². The van der Waals surface area contributed by atoms with E-state index in [2.05, 4.69) is 15.9 Å². The molecule has 0 saturated heterocycles. The standard InChI is InChI=1S/C17H19BrN2O4S/c1-12(2)17(13-7-5-4-6-8-13)19(3)25(23,24)16-10-14(18)9-15(11-16)20(21)22/h4-12,17H,1-3H3. The minimum absolute atomic E-state index is 0.0179. The highest BCUT2D eigenvalue weighted by molar-refractivity contribution is 9.10. The average Bonchev–Trinajstić information content (AvgIpc) is 2.55. The molecule has 2 aromatic carbocycles. The molecule has 0 aliphatic heterocycles. The quantitative estimate of drug-likeness (QED) is 0.506. The van der Waals surface area contributed by atoms with Crippen LogP contribution in [0.2, 0.25) is 0 Å². The van der Waals surface area contributed by atoms with E-state index in [1.54, 1.807) is 0 Å². The first-order valence-corrected chi connectivity index (χ1v) is 9.86. The molecule has 0 aromatic heterocycles.